The molecule has 0 aromatic heterocycles. The lowest BCUT2D eigenvalue weighted by atomic mass is 10.0. The van der Waals surface area contributed by atoms with Gasteiger partial charge in [0.2, 0.25) is 0 Å². The predicted octanol–water partition coefficient (Wildman–Crippen LogP) is 2.65. The maximum atomic E-state index is 13.5. The highest BCUT2D eigenvalue weighted by atomic mass is 19.1. The summed E-state index contributed by atoms with van der Waals surface area (Å²) in [6.45, 7) is 0. The molecule has 0 saturated carbocycles. The van der Waals surface area contributed by atoms with Gasteiger partial charge in [0, 0.05) is 16.8 Å². The zero-order valence-corrected chi connectivity index (χ0v) is 9.81. The van der Waals surface area contributed by atoms with Crippen LogP contribution in [-0.2, 0) is 0 Å². The van der Waals surface area contributed by atoms with Gasteiger partial charge in [-0.1, -0.05) is 12.1 Å². The van der Waals surface area contributed by atoms with Gasteiger partial charge in [0.1, 0.15) is 0 Å². The third-order valence-electron chi connectivity index (χ3n) is 2.56. The molecule has 92 valence electrons. The predicted molar refractivity (Wildman–Crippen MR) is 67.2 cm³/mol. The first-order valence-corrected chi connectivity index (χ1v) is 5.35. The topological polar surface area (TPSA) is 52.3 Å². The van der Waals surface area contributed by atoms with Crippen LogP contribution in [0.4, 0.5) is 10.1 Å². The number of benzene rings is 2. The molecule has 4 heteroatoms. The summed E-state index contributed by atoms with van der Waals surface area (Å²) < 4.78 is 18.3. The Morgan fingerprint density at radius 3 is 2.50 bits per heavy atom. The Balaban J connectivity index is 2.37. The first-order chi connectivity index (χ1) is 8.61. The molecule has 0 amide bonds. The minimum Gasteiger partial charge on any atom is -0.494 e. The van der Waals surface area contributed by atoms with Crippen molar-refractivity contribution in [2.45, 2.75) is 0 Å². The minimum absolute atomic E-state index is 0.110. The third-order valence-corrected chi connectivity index (χ3v) is 2.56. The number of hydrogen-bond donors (Lipinski definition) is 1. The van der Waals surface area contributed by atoms with Gasteiger partial charge in [-0.05, 0) is 30.3 Å². The van der Waals surface area contributed by atoms with Gasteiger partial charge < -0.3 is 10.5 Å². The molecular weight excluding hydrogens is 233 g/mol. The molecule has 2 aromatic rings. The van der Waals surface area contributed by atoms with Crippen LogP contribution in [0.1, 0.15) is 15.9 Å². The quantitative estimate of drug-likeness (QED) is 0.668. The Morgan fingerprint density at radius 1 is 1.17 bits per heavy atom. The molecule has 0 aliphatic rings. The Kier molecular flexibility index (Phi) is 3.28. The fourth-order valence-corrected chi connectivity index (χ4v) is 1.65. The largest absolute Gasteiger partial charge is 0.494 e. The molecule has 0 saturated heterocycles. The Bertz CT molecular complexity index is 596. The first kappa shape index (κ1) is 12.1. The average molecular weight is 245 g/mol. The van der Waals surface area contributed by atoms with Gasteiger partial charge in [0.05, 0.1) is 7.11 Å². The van der Waals surface area contributed by atoms with E-state index in [1.54, 1.807) is 24.3 Å². The molecule has 0 bridgehead atoms. The number of anilines is 1. The molecule has 2 N–H and O–H groups in total. The number of ether oxygens (including phenoxy) is 1. The fourth-order valence-electron chi connectivity index (χ4n) is 1.65. The Hall–Kier alpha value is -2.36. The number of hydrogen-bond acceptors (Lipinski definition) is 3. The summed E-state index contributed by atoms with van der Waals surface area (Å²) in [5.41, 5.74) is 6.79. The van der Waals surface area contributed by atoms with Crippen LogP contribution in [0.15, 0.2) is 42.5 Å². The molecule has 0 radical (unpaired) electrons. The number of ketones is 1. The zero-order valence-electron chi connectivity index (χ0n) is 9.81. The van der Waals surface area contributed by atoms with Crippen LogP contribution in [0.5, 0.6) is 5.75 Å². The summed E-state index contributed by atoms with van der Waals surface area (Å²) in [5, 5.41) is 0. The van der Waals surface area contributed by atoms with E-state index in [0.717, 1.165) is 6.07 Å². The second kappa shape index (κ2) is 4.87. The molecule has 0 spiro atoms. The van der Waals surface area contributed by atoms with Crippen LogP contribution in [0, 0.1) is 5.82 Å². The van der Waals surface area contributed by atoms with Crippen molar-refractivity contribution in [3.8, 4) is 5.75 Å². The van der Waals surface area contributed by atoms with Crippen LogP contribution < -0.4 is 10.5 Å². The lowest BCUT2D eigenvalue weighted by Gasteiger charge is -2.05. The van der Waals surface area contributed by atoms with E-state index in [1.807, 2.05) is 0 Å². The van der Waals surface area contributed by atoms with Gasteiger partial charge in [0.25, 0.3) is 0 Å². The average Bonchev–Trinajstić information content (AvgIpc) is 2.37. The lowest BCUT2D eigenvalue weighted by Crippen LogP contribution is -2.03. The van der Waals surface area contributed by atoms with E-state index in [-0.39, 0.29) is 17.1 Å². The molecule has 0 heterocycles. The van der Waals surface area contributed by atoms with Crippen LogP contribution in [0.25, 0.3) is 0 Å². The highest BCUT2D eigenvalue weighted by Crippen LogP contribution is 2.20. The monoisotopic (exact) mass is 245 g/mol. The first-order valence-electron chi connectivity index (χ1n) is 5.35. The molecular formula is C14H12FNO2. The van der Waals surface area contributed by atoms with Crippen molar-refractivity contribution in [2.24, 2.45) is 0 Å². The van der Waals surface area contributed by atoms with Crippen LogP contribution in [0.2, 0.25) is 0 Å². The van der Waals surface area contributed by atoms with Crippen molar-refractivity contribution in [1.29, 1.82) is 0 Å². The van der Waals surface area contributed by atoms with Gasteiger partial charge in [0.15, 0.2) is 17.3 Å². The van der Waals surface area contributed by atoms with Gasteiger partial charge in [-0.2, -0.15) is 0 Å². The van der Waals surface area contributed by atoms with E-state index in [0.29, 0.717) is 11.3 Å². The van der Waals surface area contributed by atoms with Crippen molar-refractivity contribution < 1.29 is 13.9 Å². The second-order valence-electron chi connectivity index (χ2n) is 3.80. The maximum Gasteiger partial charge on any atom is 0.193 e. The van der Waals surface area contributed by atoms with Crippen molar-refractivity contribution in [3.05, 3.63) is 59.4 Å². The summed E-state index contributed by atoms with van der Waals surface area (Å²) >= 11 is 0. The number of nitrogens with two attached hydrogens (primary N) is 1. The van der Waals surface area contributed by atoms with Crippen molar-refractivity contribution in [1.82, 2.24) is 0 Å². The van der Waals surface area contributed by atoms with Crippen molar-refractivity contribution in [2.75, 3.05) is 12.8 Å². The van der Waals surface area contributed by atoms with E-state index < -0.39 is 5.82 Å². The third kappa shape index (κ3) is 2.32. The Labute approximate surface area is 104 Å². The van der Waals surface area contributed by atoms with Crippen LogP contribution >= 0.6 is 0 Å². The zero-order chi connectivity index (χ0) is 13.1. The van der Waals surface area contributed by atoms with Gasteiger partial charge >= 0.3 is 0 Å². The number of methoxy groups -OCH3 is 1. The molecule has 0 fully saturated rings. The standard InChI is InChI=1S/C14H12FNO2/c1-18-13-6-5-10(8-12(13)15)14(17)9-3-2-4-11(16)7-9/h2-8H,16H2,1H3. The maximum absolute atomic E-state index is 13.5. The molecule has 0 aliphatic carbocycles. The van der Waals surface area contributed by atoms with E-state index in [4.69, 9.17) is 10.5 Å². The van der Waals surface area contributed by atoms with E-state index >= 15 is 0 Å². The number of carbonyl (C=O) groups is 1. The van der Waals surface area contributed by atoms with Gasteiger partial charge in [-0.3, -0.25) is 4.79 Å². The summed E-state index contributed by atoms with van der Waals surface area (Å²) in [7, 11) is 1.37. The number of carbonyl (C=O) groups excluding carboxylic acids is 1. The molecule has 3 nitrogen and oxygen atoms in total. The molecule has 18 heavy (non-hydrogen) atoms. The normalized spacial score (nSPS) is 10.1. The molecule has 0 atom stereocenters. The number of rotatable bonds is 3. The highest BCUT2D eigenvalue weighted by molar-refractivity contribution is 6.09. The smallest absolute Gasteiger partial charge is 0.193 e. The fraction of sp³-hybridized carbons (Fsp3) is 0.0714. The summed E-state index contributed by atoms with van der Waals surface area (Å²) in [4.78, 5) is 12.1. The molecule has 2 aromatic carbocycles. The van der Waals surface area contributed by atoms with Crippen LogP contribution in [0.3, 0.4) is 0 Å². The summed E-state index contributed by atoms with van der Waals surface area (Å²) in [5.74, 6) is -0.727. The van der Waals surface area contributed by atoms with Gasteiger partial charge in [-0.25, -0.2) is 4.39 Å². The van der Waals surface area contributed by atoms with E-state index in [2.05, 4.69) is 0 Å². The molecule has 0 unspecified atom stereocenters. The summed E-state index contributed by atoms with van der Waals surface area (Å²) in [6.07, 6.45) is 0. The molecule has 2 rings (SSSR count). The van der Waals surface area contributed by atoms with Crippen LogP contribution in [-0.4, -0.2) is 12.9 Å². The Morgan fingerprint density at radius 2 is 1.89 bits per heavy atom. The van der Waals surface area contributed by atoms with E-state index in [1.165, 1.54) is 19.2 Å². The highest BCUT2D eigenvalue weighted by Gasteiger charge is 2.12. The van der Waals surface area contributed by atoms with Crippen molar-refractivity contribution in [3.63, 3.8) is 0 Å². The lowest BCUT2D eigenvalue weighted by molar-refractivity contribution is 0.103. The number of halogens is 1. The second-order valence-corrected chi connectivity index (χ2v) is 3.80. The minimum atomic E-state index is -0.563. The van der Waals surface area contributed by atoms with Gasteiger partial charge in [-0.15, -0.1) is 0 Å². The summed E-state index contributed by atoms with van der Waals surface area (Å²) in [6, 6.07) is 10.7. The number of nitrogen functional groups attached to an aromatic ring is 1. The molecule has 0 aliphatic heterocycles. The van der Waals surface area contributed by atoms with Crippen molar-refractivity contribution >= 4 is 11.5 Å². The van der Waals surface area contributed by atoms with E-state index in [9.17, 15) is 9.18 Å². The SMILES string of the molecule is COc1ccc(C(=O)c2cccc(N)c2)cc1F.